The Bertz CT molecular complexity index is 1540. The maximum atomic E-state index is 13.2. The van der Waals surface area contributed by atoms with Crippen LogP contribution in [0.2, 0.25) is 0 Å². The Morgan fingerprint density at radius 1 is 0.900 bits per heavy atom. The van der Waals surface area contributed by atoms with Crippen molar-refractivity contribution in [2.24, 2.45) is 0 Å². The number of hydrogen-bond donors (Lipinski definition) is 2. The predicted molar refractivity (Wildman–Crippen MR) is 142 cm³/mol. The number of ether oxygens (including phenoxy) is 1. The molecule has 0 fully saturated rings. The van der Waals surface area contributed by atoms with E-state index >= 15 is 0 Å². The summed E-state index contributed by atoms with van der Waals surface area (Å²) in [6.45, 7) is 2.05. The molecule has 1 heterocycles. The van der Waals surface area contributed by atoms with Gasteiger partial charge >= 0.3 is 12.1 Å². The van der Waals surface area contributed by atoms with Crippen LogP contribution < -0.4 is 15.5 Å². The fourth-order valence-corrected chi connectivity index (χ4v) is 3.97. The van der Waals surface area contributed by atoms with E-state index in [1.807, 2.05) is 6.92 Å². The minimum absolute atomic E-state index is 0.0584. The van der Waals surface area contributed by atoms with Crippen molar-refractivity contribution >= 4 is 52.4 Å². The van der Waals surface area contributed by atoms with Crippen LogP contribution in [0, 0.1) is 0 Å². The monoisotopic (exact) mass is 571 g/mol. The molecule has 2 N–H and O–H groups in total. The SMILES string of the molecule is CCCOC(=O)c1cccc(N2C(=O)C(Cl)=C(Nc3cccc(C(=O)Nc4cccc(C(F)(F)F)c4)c3)C2=O)c1. The summed E-state index contributed by atoms with van der Waals surface area (Å²) in [6, 6.07) is 15.7. The number of amides is 3. The standard InChI is InChI=1S/C28H21ClF3N3O5/c1-2-12-40-27(39)17-7-4-11-21(14-17)35-25(37)22(29)23(26(35)38)33-19-9-3-6-16(13-19)24(36)34-20-10-5-8-18(15-20)28(30,31)32/h3-11,13-15,33H,2,12H2,1H3,(H,34,36). The molecule has 1 aliphatic rings. The van der Waals surface area contributed by atoms with Gasteiger partial charge in [-0.2, -0.15) is 13.2 Å². The van der Waals surface area contributed by atoms with Crippen LogP contribution in [0.1, 0.15) is 39.6 Å². The Hall–Kier alpha value is -4.64. The zero-order chi connectivity index (χ0) is 29.0. The Balaban J connectivity index is 1.51. The minimum atomic E-state index is -4.57. The molecular formula is C28H21ClF3N3O5. The van der Waals surface area contributed by atoms with Crippen molar-refractivity contribution in [1.82, 2.24) is 0 Å². The number of benzene rings is 3. The average Bonchev–Trinajstić information content (AvgIpc) is 3.14. The van der Waals surface area contributed by atoms with E-state index in [9.17, 15) is 32.3 Å². The number of hydrogen-bond acceptors (Lipinski definition) is 6. The van der Waals surface area contributed by atoms with E-state index in [-0.39, 0.29) is 40.5 Å². The van der Waals surface area contributed by atoms with E-state index in [0.717, 1.165) is 17.0 Å². The highest BCUT2D eigenvalue weighted by Crippen LogP contribution is 2.32. The second-order valence-corrected chi connectivity index (χ2v) is 8.94. The van der Waals surface area contributed by atoms with Crippen molar-refractivity contribution < 1.29 is 37.1 Å². The molecule has 1 aliphatic heterocycles. The number of nitrogens with one attached hydrogen (secondary N) is 2. The summed E-state index contributed by atoms with van der Waals surface area (Å²) < 4.78 is 44.1. The largest absolute Gasteiger partial charge is 0.462 e. The van der Waals surface area contributed by atoms with Gasteiger partial charge in [0.2, 0.25) is 0 Å². The fraction of sp³-hybridized carbons (Fsp3) is 0.143. The zero-order valence-corrected chi connectivity index (χ0v) is 21.6. The first-order valence-electron chi connectivity index (χ1n) is 11.9. The topological polar surface area (TPSA) is 105 Å². The Morgan fingerprint density at radius 2 is 1.57 bits per heavy atom. The minimum Gasteiger partial charge on any atom is -0.462 e. The van der Waals surface area contributed by atoms with Crippen LogP contribution in [0.25, 0.3) is 0 Å². The van der Waals surface area contributed by atoms with Crippen LogP contribution in [0.15, 0.2) is 83.5 Å². The summed E-state index contributed by atoms with van der Waals surface area (Å²) >= 11 is 6.19. The quantitative estimate of drug-likeness (QED) is 0.255. The number of imide groups is 1. The van der Waals surface area contributed by atoms with Crippen molar-refractivity contribution in [3.8, 4) is 0 Å². The van der Waals surface area contributed by atoms with Gasteiger partial charge in [0, 0.05) is 16.9 Å². The van der Waals surface area contributed by atoms with Crippen LogP contribution in [-0.4, -0.2) is 30.3 Å². The van der Waals surface area contributed by atoms with Gasteiger partial charge < -0.3 is 15.4 Å². The van der Waals surface area contributed by atoms with Gasteiger partial charge in [-0.05, 0) is 61.0 Å². The second kappa shape index (κ2) is 11.6. The van der Waals surface area contributed by atoms with Crippen molar-refractivity contribution in [2.45, 2.75) is 19.5 Å². The van der Waals surface area contributed by atoms with Crippen molar-refractivity contribution in [3.63, 3.8) is 0 Å². The molecule has 0 atom stereocenters. The van der Waals surface area contributed by atoms with E-state index in [2.05, 4.69) is 10.6 Å². The lowest BCUT2D eigenvalue weighted by Crippen LogP contribution is -2.32. The Morgan fingerprint density at radius 3 is 2.30 bits per heavy atom. The molecule has 3 aromatic rings. The first-order valence-corrected chi connectivity index (χ1v) is 12.3. The molecule has 40 heavy (non-hydrogen) atoms. The van der Waals surface area contributed by atoms with Crippen molar-refractivity contribution in [1.29, 1.82) is 0 Å². The number of nitrogens with zero attached hydrogens (tertiary/aromatic N) is 1. The maximum Gasteiger partial charge on any atom is 0.416 e. The van der Waals surface area contributed by atoms with Crippen molar-refractivity contribution in [3.05, 3.63) is 100 Å². The molecule has 3 amide bonds. The Kier molecular flexibility index (Phi) is 8.24. The highest BCUT2D eigenvalue weighted by atomic mass is 35.5. The lowest BCUT2D eigenvalue weighted by Gasteiger charge is -2.16. The van der Waals surface area contributed by atoms with Crippen LogP contribution in [0.5, 0.6) is 0 Å². The third-order valence-electron chi connectivity index (χ3n) is 5.65. The van der Waals surface area contributed by atoms with E-state index in [1.165, 1.54) is 60.7 Å². The number of carbonyl (C=O) groups excluding carboxylic acids is 4. The number of carbonyl (C=O) groups is 4. The molecule has 0 radical (unpaired) electrons. The molecule has 0 aromatic heterocycles. The van der Waals surface area contributed by atoms with Gasteiger partial charge in [-0.3, -0.25) is 14.4 Å². The molecule has 0 unspecified atom stereocenters. The summed E-state index contributed by atoms with van der Waals surface area (Å²) in [7, 11) is 0. The summed E-state index contributed by atoms with van der Waals surface area (Å²) in [4.78, 5) is 51.8. The van der Waals surface area contributed by atoms with Crippen LogP contribution in [-0.2, 0) is 20.5 Å². The summed E-state index contributed by atoms with van der Waals surface area (Å²) in [5.41, 5.74) is -0.720. The molecule has 12 heteroatoms. The van der Waals surface area contributed by atoms with Gasteiger partial charge in [-0.1, -0.05) is 36.7 Å². The summed E-state index contributed by atoms with van der Waals surface area (Å²) in [5, 5.41) is 4.73. The van der Waals surface area contributed by atoms with E-state index in [4.69, 9.17) is 16.3 Å². The lowest BCUT2D eigenvalue weighted by atomic mass is 10.1. The molecule has 0 saturated heterocycles. The highest BCUT2D eigenvalue weighted by Gasteiger charge is 2.39. The van der Waals surface area contributed by atoms with E-state index < -0.39 is 40.5 Å². The van der Waals surface area contributed by atoms with Gasteiger partial charge in [-0.15, -0.1) is 0 Å². The number of anilines is 3. The normalized spacial score (nSPS) is 13.5. The number of rotatable bonds is 8. The zero-order valence-electron chi connectivity index (χ0n) is 20.8. The molecule has 206 valence electrons. The second-order valence-electron chi connectivity index (χ2n) is 8.56. The number of halogens is 4. The van der Waals surface area contributed by atoms with Gasteiger partial charge in [0.1, 0.15) is 10.7 Å². The highest BCUT2D eigenvalue weighted by molar-refractivity contribution is 6.53. The van der Waals surface area contributed by atoms with Gasteiger partial charge in [-0.25, -0.2) is 9.69 Å². The summed E-state index contributed by atoms with van der Waals surface area (Å²) in [5.74, 6) is -2.94. The van der Waals surface area contributed by atoms with Gasteiger partial charge in [0.25, 0.3) is 17.7 Å². The first kappa shape index (κ1) is 28.4. The number of alkyl halides is 3. The van der Waals surface area contributed by atoms with Crippen molar-refractivity contribution in [2.75, 3.05) is 22.1 Å². The third-order valence-corrected chi connectivity index (χ3v) is 6.00. The molecule has 4 rings (SSSR count). The Labute approximate surface area is 231 Å². The summed E-state index contributed by atoms with van der Waals surface area (Å²) in [6.07, 6.45) is -3.95. The molecular weight excluding hydrogens is 551 g/mol. The fourth-order valence-electron chi connectivity index (χ4n) is 3.75. The molecule has 0 saturated carbocycles. The van der Waals surface area contributed by atoms with Gasteiger partial charge in [0.15, 0.2) is 0 Å². The molecule has 0 bridgehead atoms. The molecule has 0 aliphatic carbocycles. The average molecular weight is 572 g/mol. The molecule has 3 aromatic carbocycles. The molecule has 0 spiro atoms. The van der Waals surface area contributed by atoms with E-state index in [0.29, 0.717) is 6.42 Å². The maximum absolute atomic E-state index is 13.2. The van der Waals surface area contributed by atoms with Crippen LogP contribution in [0.4, 0.5) is 30.2 Å². The predicted octanol–water partition coefficient (Wildman–Crippen LogP) is 5.96. The first-order chi connectivity index (χ1) is 19.0. The van der Waals surface area contributed by atoms with Crippen LogP contribution >= 0.6 is 11.6 Å². The smallest absolute Gasteiger partial charge is 0.416 e. The number of esters is 1. The third kappa shape index (κ3) is 6.15. The molecule has 8 nitrogen and oxygen atoms in total. The van der Waals surface area contributed by atoms with Gasteiger partial charge in [0.05, 0.1) is 23.4 Å². The lowest BCUT2D eigenvalue weighted by molar-refractivity contribution is -0.137. The van der Waals surface area contributed by atoms with E-state index in [1.54, 1.807) is 0 Å². The van der Waals surface area contributed by atoms with Crippen LogP contribution in [0.3, 0.4) is 0 Å².